The highest BCUT2D eigenvalue weighted by molar-refractivity contribution is 5.39. The second kappa shape index (κ2) is 3.20. The molecule has 1 aliphatic carbocycles. The van der Waals surface area contributed by atoms with Gasteiger partial charge < -0.3 is 10.5 Å². The first kappa shape index (κ1) is 10.1. The molecule has 2 atom stereocenters. The van der Waals surface area contributed by atoms with Crippen molar-refractivity contribution in [2.24, 2.45) is 11.7 Å². The summed E-state index contributed by atoms with van der Waals surface area (Å²) in [5.74, 6) is 0.967. The molecule has 86 valence electrons. The van der Waals surface area contributed by atoms with Crippen LogP contribution in [0.5, 0.6) is 5.75 Å². The summed E-state index contributed by atoms with van der Waals surface area (Å²) in [5, 5.41) is 0. The maximum atomic E-state index is 13.2. The number of benzene rings is 1. The Morgan fingerprint density at radius 3 is 2.88 bits per heavy atom. The van der Waals surface area contributed by atoms with Gasteiger partial charge in [0.25, 0.3) is 0 Å². The molecule has 2 unspecified atom stereocenters. The number of halogens is 1. The summed E-state index contributed by atoms with van der Waals surface area (Å²) in [6.45, 7) is 2.10. The van der Waals surface area contributed by atoms with Gasteiger partial charge in [0.05, 0.1) is 0 Å². The van der Waals surface area contributed by atoms with Crippen LogP contribution in [0.15, 0.2) is 18.2 Å². The summed E-state index contributed by atoms with van der Waals surface area (Å²) in [4.78, 5) is 0. The molecule has 1 saturated carbocycles. The average Bonchev–Trinajstić information content (AvgIpc) is 2.99. The quantitative estimate of drug-likeness (QED) is 0.791. The molecule has 0 amide bonds. The Hall–Kier alpha value is -1.09. The Morgan fingerprint density at radius 1 is 1.44 bits per heavy atom. The van der Waals surface area contributed by atoms with E-state index < -0.39 is 0 Å². The maximum Gasteiger partial charge on any atom is 0.127 e. The smallest absolute Gasteiger partial charge is 0.127 e. The highest BCUT2D eigenvalue weighted by atomic mass is 19.1. The fourth-order valence-corrected chi connectivity index (χ4v) is 2.69. The zero-order valence-electron chi connectivity index (χ0n) is 9.37. The Balaban J connectivity index is 2.00. The lowest BCUT2D eigenvalue weighted by atomic mass is 9.85. The molecule has 1 heterocycles. The molecule has 2 aliphatic rings. The van der Waals surface area contributed by atoms with Crippen molar-refractivity contribution >= 4 is 0 Å². The average molecular weight is 221 g/mol. The zero-order valence-corrected chi connectivity index (χ0v) is 9.37. The van der Waals surface area contributed by atoms with Gasteiger partial charge in [-0.3, -0.25) is 0 Å². The van der Waals surface area contributed by atoms with E-state index in [4.69, 9.17) is 10.5 Å². The molecule has 1 aromatic carbocycles. The van der Waals surface area contributed by atoms with Gasteiger partial charge in [-0.25, -0.2) is 4.39 Å². The van der Waals surface area contributed by atoms with E-state index in [2.05, 4.69) is 6.92 Å². The van der Waals surface area contributed by atoms with Crippen LogP contribution in [0.1, 0.15) is 37.8 Å². The van der Waals surface area contributed by atoms with Gasteiger partial charge in [0, 0.05) is 24.1 Å². The fourth-order valence-electron chi connectivity index (χ4n) is 2.69. The van der Waals surface area contributed by atoms with Crippen molar-refractivity contribution in [3.8, 4) is 5.75 Å². The molecule has 1 aromatic rings. The van der Waals surface area contributed by atoms with E-state index >= 15 is 0 Å². The molecule has 2 N–H and O–H groups in total. The predicted molar refractivity (Wildman–Crippen MR) is 59.7 cm³/mol. The Bertz CT molecular complexity index is 430. The van der Waals surface area contributed by atoms with Gasteiger partial charge in [0.2, 0.25) is 0 Å². The molecule has 0 aromatic heterocycles. The number of fused-ring (bicyclic) bond motifs is 1. The molecule has 0 spiro atoms. The lowest BCUT2D eigenvalue weighted by Crippen LogP contribution is -2.42. The molecule has 1 aliphatic heterocycles. The van der Waals surface area contributed by atoms with Crippen molar-refractivity contribution in [1.29, 1.82) is 0 Å². The Morgan fingerprint density at radius 2 is 2.19 bits per heavy atom. The van der Waals surface area contributed by atoms with Crippen molar-refractivity contribution < 1.29 is 9.13 Å². The second-order valence-electron chi connectivity index (χ2n) is 5.18. The number of hydrogen-bond acceptors (Lipinski definition) is 2. The van der Waals surface area contributed by atoms with Crippen LogP contribution in [0.25, 0.3) is 0 Å². The van der Waals surface area contributed by atoms with Crippen LogP contribution in [0.3, 0.4) is 0 Å². The van der Waals surface area contributed by atoms with Gasteiger partial charge >= 0.3 is 0 Å². The molecular formula is C13H16FNO. The Labute approximate surface area is 94.6 Å². The standard InChI is InChI=1S/C13H16FNO/c1-13(8-2-3-8)7-11(15)10-5-4-9(14)6-12(10)16-13/h4-6,8,11H,2-3,7,15H2,1H3. The van der Waals surface area contributed by atoms with Crippen molar-refractivity contribution in [1.82, 2.24) is 0 Å². The zero-order chi connectivity index (χ0) is 11.3. The summed E-state index contributed by atoms with van der Waals surface area (Å²) in [7, 11) is 0. The van der Waals surface area contributed by atoms with E-state index in [0.29, 0.717) is 11.7 Å². The highest BCUT2D eigenvalue weighted by Gasteiger charge is 2.47. The van der Waals surface area contributed by atoms with E-state index in [0.717, 1.165) is 12.0 Å². The lowest BCUT2D eigenvalue weighted by molar-refractivity contribution is 0.0321. The topological polar surface area (TPSA) is 35.2 Å². The molecule has 0 saturated heterocycles. The fraction of sp³-hybridized carbons (Fsp3) is 0.538. The van der Waals surface area contributed by atoms with Gasteiger partial charge in [0.15, 0.2) is 0 Å². The minimum atomic E-state index is -0.258. The van der Waals surface area contributed by atoms with Crippen LogP contribution >= 0.6 is 0 Å². The molecule has 16 heavy (non-hydrogen) atoms. The first-order chi connectivity index (χ1) is 7.58. The lowest BCUT2D eigenvalue weighted by Gasteiger charge is -2.39. The Kier molecular flexibility index (Phi) is 2.02. The minimum absolute atomic E-state index is 0.0325. The van der Waals surface area contributed by atoms with E-state index in [9.17, 15) is 4.39 Å². The summed E-state index contributed by atoms with van der Waals surface area (Å²) in [6.07, 6.45) is 3.23. The van der Waals surface area contributed by atoms with Gasteiger partial charge in [0.1, 0.15) is 17.2 Å². The summed E-state index contributed by atoms with van der Waals surface area (Å²) in [6, 6.07) is 4.61. The third-order valence-corrected chi connectivity index (χ3v) is 3.78. The third-order valence-electron chi connectivity index (χ3n) is 3.78. The summed E-state index contributed by atoms with van der Waals surface area (Å²) in [5.41, 5.74) is 6.87. The number of hydrogen-bond donors (Lipinski definition) is 1. The molecule has 0 bridgehead atoms. The van der Waals surface area contributed by atoms with Crippen LogP contribution in [0.4, 0.5) is 4.39 Å². The van der Waals surface area contributed by atoms with E-state index in [-0.39, 0.29) is 17.5 Å². The van der Waals surface area contributed by atoms with Crippen molar-refractivity contribution in [2.75, 3.05) is 0 Å². The van der Waals surface area contributed by atoms with Crippen molar-refractivity contribution in [3.05, 3.63) is 29.6 Å². The van der Waals surface area contributed by atoms with Crippen LogP contribution in [-0.2, 0) is 0 Å². The summed E-state index contributed by atoms with van der Waals surface area (Å²) >= 11 is 0. The van der Waals surface area contributed by atoms with Crippen LogP contribution in [-0.4, -0.2) is 5.60 Å². The van der Waals surface area contributed by atoms with E-state index in [1.807, 2.05) is 0 Å². The first-order valence-electron chi connectivity index (χ1n) is 5.82. The molecular weight excluding hydrogens is 205 g/mol. The molecule has 0 radical (unpaired) electrons. The second-order valence-corrected chi connectivity index (χ2v) is 5.18. The molecule has 3 heteroatoms. The molecule has 3 rings (SSSR count). The number of ether oxygens (including phenoxy) is 1. The SMILES string of the molecule is CC1(C2CC2)CC(N)c2ccc(F)cc2O1. The monoisotopic (exact) mass is 221 g/mol. The largest absolute Gasteiger partial charge is 0.487 e. The third kappa shape index (κ3) is 1.50. The van der Waals surface area contributed by atoms with E-state index in [1.54, 1.807) is 6.07 Å². The van der Waals surface area contributed by atoms with Crippen molar-refractivity contribution in [3.63, 3.8) is 0 Å². The van der Waals surface area contributed by atoms with Crippen LogP contribution < -0.4 is 10.5 Å². The van der Waals surface area contributed by atoms with Gasteiger partial charge in [-0.05, 0) is 31.7 Å². The maximum absolute atomic E-state index is 13.2. The number of nitrogens with two attached hydrogens (primary N) is 1. The normalized spacial score (nSPS) is 33.1. The van der Waals surface area contributed by atoms with E-state index in [1.165, 1.54) is 25.0 Å². The predicted octanol–water partition coefficient (Wildman–Crippen LogP) is 2.78. The molecule has 1 fully saturated rings. The number of rotatable bonds is 1. The van der Waals surface area contributed by atoms with Crippen LogP contribution in [0.2, 0.25) is 0 Å². The van der Waals surface area contributed by atoms with Crippen LogP contribution in [0, 0.1) is 11.7 Å². The van der Waals surface area contributed by atoms with Gasteiger partial charge in [-0.1, -0.05) is 6.07 Å². The minimum Gasteiger partial charge on any atom is -0.487 e. The van der Waals surface area contributed by atoms with Crippen molar-refractivity contribution in [2.45, 2.75) is 37.8 Å². The molecule has 2 nitrogen and oxygen atoms in total. The first-order valence-corrected chi connectivity index (χ1v) is 5.82. The van der Waals surface area contributed by atoms with Gasteiger partial charge in [-0.2, -0.15) is 0 Å². The summed E-state index contributed by atoms with van der Waals surface area (Å²) < 4.78 is 19.1. The van der Waals surface area contributed by atoms with Gasteiger partial charge in [-0.15, -0.1) is 0 Å². The highest BCUT2D eigenvalue weighted by Crippen LogP contribution is 2.49.